The van der Waals surface area contributed by atoms with Crippen molar-refractivity contribution in [3.05, 3.63) is 41.5 Å². The molecule has 0 fully saturated rings. The van der Waals surface area contributed by atoms with Crippen LogP contribution in [0, 0.1) is 0 Å². The number of fused-ring (bicyclic) bond motifs is 1. The molecule has 1 heterocycles. The first-order valence-electron chi connectivity index (χ1n) is 8.73. The van der Waals surface area contributed by atoms with Gasteiger partial charge >= 0.3 is 0 Å². The van der Waals surface area contributed by atoms with Gasteiger partial charge < -0.3 is 24.3 Å². The molecule has 26 heavy (non-hydrogen) atoms. The van der Waals surface area contributed by atoms with Gasteiger partial charge in [-0.05, 0) is 36.3 Å². The van der Waals surface area contributed by atoms with Crippen LogP contribution in [0.25, 0.3) is 11.6 Å². The van der Waals surface area contributed by atoms with Crippen LogP contribution in [0.4, 0.5) is 5.69 Å². The van der Waals surface area contributed by atoms with Crippen LogP contribution >= 0.6 is 0 Å². The van der Waals surface area contributed by atoms with E-state index in [1.54, 1.807) is 21.3 Å². The maximum absolute atomic E-state index is 5.88. The molecule has 5 nitrogen and oxygen atoms in total. The molecule has 0 amide bonds. The van der Waals surface area contributed by atoms with Crippen LogP contribution in [0.5, 0.6) is 23.0 Å². The summed E-state index contributed by atoms with van der Waals surface area (Å²) < 4.78 is 22.5. The Morgan fingerprint density at radius 3 is 2.38 bits per heavy atom. The van der Waals surface area contributed by atoms with Crippen molar-refractivity contribution in [2.75, 3.05) is 39.8 Å². The number of para-hydroxylation sites is 1. The highest BCUT2D eigenvalue weighted by Gasteiger charge is 2.22. The Morgan fingerprint density at radius 1 is 0.923 bits per heavy atom. The second kappa shape index (κ2) is 8.04. The summed E-state index contributed by atoms with van der Waals surface area (Å²) in [5.74, 6) is 3.08. The van der Waals surface area contributed by atoms with E-state index in [9.17, 15) is 0 Å². The van der Waals surface area contributed by atoms with E-state index >= 15 is 0 Å². The minimum atomic E-state index is 0.659. The van der Waals surface area contributed by atoms with E-state index in [1.807, 2.05) is 30.3 Å². The summed E-state index contributed by atoms with van der Waals surface area (Å²) in [5.41, 5.74) is 4.03. The standard InChI is InChI=1S/C21H25NO4/c1-5-11-26-18-10-9-17(23-2)16-12-14(13-22-20(16)18)15-7-6-8-19(24-3)21(15)25-4/h6-10,12,22H,5,11,13H2,1-4H3. The van der Waals surface area contributed by atoms with E-state index < -0.39 is 0 Å². The fraction of sp³-hybridized carbons (Fsp3) is 0.333. The molecule has 3 rings (SSSR count). The largest absolute Gasteiger partial charge is 0.496 e. The Balaban J connectivity index is 2.09. The van der Waals surface area contributed by atoms with Crippen LogP contribution in [-0.2, 0) is 0 Å². The lowest BCUT2D eigenvalue weighted by Gasteiger charge is -2.24. The molecule has 0 saturated heterocycles. The molecule has 1 aliphatic rings. The summed E-state index contributed by atoms with van der Waals surface area (Å²) in [6.07, 6.45) is 3.09. The predicted molar refractivity (Wildman–Crippen MR) is 105 cm³/mol. The highest BCUT2D eigenvalue weighted by molar-refractivity contribution is 5.95. The first-order valence-corrected chi connectivity index (χ1v) is 8.73. The zero-order valence-corrected chi connectivity index (χ0v) is 15.7. The van der Waals surface area contributed by atoms with Crippen LogP contribution in [-0.4, -0.2) is 34.5 Å². The second-order valence-corrected chi connectivity index (χ2v) is 5.97. The number of hydrogen-bond acceptors (Lipinski definition) is 5. The zero-order chi connectivity index (χ0) is 18.5. The summed E-state index contributed by atoms with van der Waals surface area (Å²) in [5, 5.41) is 3.48. The molecule has 138 valence electrons. The second-order valence-electron chi connectivity index (χ2n) is 5.97. The van der Waals surface area contributed by atoms with Gasteiger partial charge in [0.1, 0.15) is 11.5 Å². The van der Waals surface area contributed by atoms with Crippen molar-refractivity contribution in [2.24, 2.45) is 0 Å². The average Bonchev–Trinajstić information content (AvgIpc) is 2.70. The van der Waals surface area contributed by atoms with E-state index in [1.165, 1.54) is 0 Å². The van der Waals surface area contributed by atoms with Crippen LogP contribution in [0.3, 0.4) is 0 Å². The van der Waals surface area contributed by atoms with Crippen molar-refractivity contribution < 1.29 is 18.9 Å². The van der Waals surface area contributed by atoms with Gasteiger partial charge in [0.05, 0.1) is 33.6 Å². The third kappa shape index (κ3) is 3.29. The molecular weight excluding hydrogens is 330 g/mol. The fourth-order valence-electron chi connectivity index (χ4n) is 3.14. The Bertz CT molecular complexity index is 814. The van der Waals surface area contributed by atoms with Crippen molar-refractivity contribution in [1.29, 1.82) is 0 Å². The molecular formula is C21H25NO4. The lowest BCUT2D eigenvalue weighted by Crippen LogP contribution is -2.13. The number of anilines is 1. The quantitative estimate of drug-likeness (QED) is 0.794. The Kier molecular flexibility index (Phi) is 5.56. The summed E-state index contributed by atoms with van der Waals surface area (Å²) in [7, 11) is 4.98. The molecule has 0 saturated carbocycles. The summed E-state index contributed by atoms with van der Waals surface area (Å²) >= 11 is 0. The molecule has 1 aliphatic heterocycles. The topological polar surface area (TPSA) is 49.0 Å². The molecule has 0 aromatic heterocycles. The van der Waals surface area contributed by atoms with Gasteiger partial charge in [-0.1, -0.05) is 19.1 Å². The van der Waals surface area contributed by atoms with E-state index in [0.717, 1.165) is 46.1 Å². The summed E-state index contributed by atoms with van der Waals surface area (Å²) in [4.78, 5) is 0. The molecule has 0 unspecified atom stereocenters. The van der Waals surface area contributed by atoms with Crippen LogP contribution in [0.2, 0.25) is 0 Å². The molecule has 0 aliphatic carbocycles. The lowest BCUT2D eigenvalue weighted by atomic mass is 9.96. The molecule has 0 bridgehead atoms. The number of rotatable bonds is 7. The van der Waals surface area contributed by atoms with Gasteiger partial charge in [-0.15, -0.1) is 0 Å². The molecule has 0 radical (unpaired) electrons. The van der Waals surface area contributed by atoms with Crippen molar-refractivity contribution >= 4 is 17.3 Å². The van der Waals surface area contributed by atoms with E-state index in [-0.39, 0.29) is 0 Å². The minimum absolute atomic E-state index is 0.659. The average molecular weight is 355 g/mol. The maximum atomic E-state index is 5.88. The molecule has 0 spiro atoms. The van der Waals surface area contributed by atoms with Crippen molar-refractivity contribution in [1.82, 2.24) is 0 Å². The number of methoxy groups -OCH3 is 3. The number of ether oxygens (including phenoxy) is 4. The monoisotopic (exact) mass is 355 g/mol. The Morgan fingerprint density at radius 2 is 1.69 bits per heavy atom. The van der Waals surface area contributed by atoms with Gasteiger partial charge in [0.2, 0.25) is 0 Å². The Labute approximate surface area is 154 Å². The van der Waals surface area contributed by atoms with Crippen LogP contribution < -0.4 is 24.3 Å². The van der Waals surface area contributed by atoms with Crippen molar-refractivity contribution in [2.45, 2.75) is 13.3 Å². The van der Waals surface area contributed by atoms with Gasteiger partial charge in [0, 0.05) is 17.7 Å². The summed E-state index contributed by atoms with van der Waals surface area (Å²) in [6, 6.07) is 9.78. The fourth-order valence-corrected chi connectivity index (χ4v) is 3.14. The Hall–Kier alpha value is -2.82. The normalized spacial score (nSPS) is 12.5. The molecule has 0 atom stereocenters. The van der Waals surface area contributed by atoms with Gasteiger partial charge in [-0.2, -0.15) is 0 Å². The van der Waals surface area contributed by atoms with Gasteiger partial charge in [0.25, 0.3) is 0 Å². The van der Waals surface area contributed by atoms with Gasteiger partial charge in [-0.3, -0.25) is 0 Å². The smallest absolute Gasteiger partial charge is 0.168 e. The predicted octanol–water partition coefficient (Wildman–Crippen LogP) is 4.47. The lowest BCUT2D eigenvalue weighted by molar-refractivity contribution is 0.318. The van der Waals surface area contributed by atoms with Crippen molar-refractivity contribution in [3.8, 4) is 23.0 Å². The van der Waals surface area contributed by atoms with E-state index in [4.69, 9.17) is 18.9 Å². The maximum Gasteiger partial charge on any atom is 0.168 e. The molecule has 1 N–H and O–H groups in total. The van der Waals surface area contributed by atoms with E-state index in [0.29, 0.717) is 18.9 Å². The third-order valence-corrected chi connectivity index (χ3v) is 4.37. The van der Waals surface area contributed by atoms with Gasteiger partial charge in [0.15, 0.2) is 11.5 Å². The number of benzene rings is 2. The highest BCUT2D eigenvalue weighted by atomic mass is 16.5. The first-order chi connectivity index (χ1) is 12.7. The van der Waals surface area contributed by atoms with Crippen LogP contribution in [0.1, 0.15) is 24.5 Å². The SMILES string of the molecule is CCCOc1ccc(OC)c2c1NCC(c1cccc(OC)c1OC)=C2. The molecule has 2 aromatic rings. The number of hydrogen-bond donors (Lipinski definition) is 1. The first kappa shape index (κ1) is 18.0. The molecule has 5 heteroatoms. The van der Waals surface area contributed by atoms with E-state index in [2.05, 4.69) is 18.3 Å². The zero-order valence-electron chi connectivity index (χ0n) is 15.7. The minimum Gasteiger partial charge on any atom is -0.496 e. The van der Waals surface area contributed by atoms with Gasteiger partial charge in [-0.25, -0.2) is 0 Å². The molecule has 2 aromatic carbocycles. The highest BCUT2D eigenvalue weighted by Crippen LogP contribution is 2.43. The third-order valence-electron chi connectivity index (χ3n) is 4.37. The van der Waals surface area contributed by atoms with Crippen LogP contribution in [0.15, 0.2) is 30.3 Å². The number of nitrogens with one attached hydrogen (secondary N) is 1. The van der Waals surface area contributed by atoms with Crippen molar-refractivity contribution in [3.63, 3.8) is 0 Å². The summed E-state index contributed by atoms with van der Waals surface area (Å²) in [6.45, 7) is 3.43.